The van der Waals surface area contributed by atoms with Crippen LogP contribution in [0.25, 0.3) is 0 Å². The fourth-order valence-corrected chi connectivity index (χ4v) is 1.99. The predicted molar refractivity (Wildman–Crippen MR) is 57.5 cm³/mol. The van der Waals surface area contributed by atoms with Gasteiger partial charge >= 0.3 is 5.97 Å². The van der Waals surface area contributed by atoms with E-state index >= 15 is 0 Å². The molecule has 16 heavy (non-hydrogen) atoms. The van der Waals surface area contributed by atoms with E-state index in [0.717, 1.165) is 12.8 Å². The Labute approximate surface area is 91.9 Å². The van der Waals surface area contributed by atoms with Gasteiger partial charge in [0.25, 0.3) is 5.56 Å². The summed E-state index contributed by atoms with van der Waals surface area (Å²) in [6.45, 7) is 0.567. The van der Waals surface area contributed by atoms with Crippen LogP contribution >= 0.6 is 0 Å². The third kappa shape index (κ3) is 1.91. The maximum absolute atomic E-state index is 11.5. The molecule has 86 valence electrons. The third-order valence-corrected chi connectivity index (χ3v) is 2.75. The molecule has 1 aromatic heterocycles. The number of nitrogens with zero attached hydrogens (tertiary/aromatic N) is 2. The Kier molecular flexibility index (Phi) is 2.89. The van der Waals surface area contributed by atoms with Crippen molar-refractivity contribution in [2.24, 2.45) is 0 Å². The van der Waals surface area contributed by atoms with Crippen LogP contribution in [0.1, 0.15) is 19.3 Å². The van der Waals surface area contributed by atoms with E-state index in [1.807, 2.05) is 0 Å². The lowest BCUT2D eigenvalue weighted by Crippen LogP contribution is -2.47. The minimum absolute atomic E-state index is 0.203. The number of hydrogen-bond acceptors (Lipinski definition) is 4. The van der Waals surface area contributed by atoms with E-state index in [1.165, 1.54) is 12.4 Å². The Balaban J connectivity index is 2.34. The summed E-state index contributed by atoms with van der Waals surface area (Å²) < 4.78 is 0. The number of aromatic amines is 1. The Morgan fingerprint density at radius 2 is 2.38 bits per heavy atom. The van der Waals surface area contributed by atoms with Crippen molar-refractivity contribution < 1.29 is 9.90 Å². The molecule has 0 aromatic carbocycles. The second-order valence-electron chi connectivity index (χ2n) is 3.79. The number of carboxylic acid groups (broad SMARTS) is 1. The van der Waals surface area contributed by atoms with E-state index in [9.17, 15) is 9.59 Å². The second-order valence-corrected chi connectivity index (χ2v) is 3.79. The first-order valence-corrected chi connectivity index (χ1v) is 5.23. The molecular formula is C10H13N3O3. The summed E-state index contributed by atoms with van der Waals surface area (Å²) in [6, 6.07) is -0.634. The first-order chi connectivity index (χ1) is 7.70. The second kappa shape index (κ2) is 4.34. The van der Waals surface area contributed by atoms with Crippen LogP contribution in [0.2, 0.25) is 0 Å². The Bertz CT molecular complexity index is 443. The van der Waals surface area contributed by atoms with E-state index in [0.29, 0.717) is 13.0 Å². The molecule has 0 radical (unpaired) electrons. The molecule has 0 amide bonds. The van der Waals surface area contributed by atoms with Gasteiger partial charge in [-0.05, 0) is 19.3 Å². The molecule has 1 fully saturated rings. The molecule has 0 spiro atoms. The number of rotatable bonds is 2. The van der Waals surface area contributed by atoms with E-state index in [1.54, 1.807) is 4.90 Å². The molecule has 2 rings (SSSR count). The average Bonchev–Trinajstić information content (AvgIpc) is 2.29. The quantitative estimate of drug-likeness (QED) is 0.748. The molecule has 2 heterocycles. The maximum Gasteiger partial charge on any atom is 0.326 e. The minimum Gasteiger partial charge on any atom is -0.480 e. The lowest BCUT2D eigenvalue weighted by molar-refractivity contribution is -0.139. The molecular weight excluding hydrogens is 210 g/mol. The summed E-state index contributed by atoms with van der Waals surface area (Å²) in [5.41, 5.74) is -0.337. The average molecular weight is 223 g/mol. The van der Waals surface area contributed by atoms with Crippen molar-refractivity contribution in [2.45, 2.75) is 25.3 Å². The normalized spacial score (nSPS) is 20.8. The molecule has 1 unspecified atom stereocenters. The fourth-order valence-electron chi connectivity index (χ4n) is 1.99. The van der Waals surface area contributed by atoms with E-state index in [2.05, 4.69) is 9.97 Å². The van der Waals surface area contributed by atoms with Crippen molar-refractivity contribution in [3.05, 3.63) is 22.7 Å². The van der Waals surface area contributed by atoms with Gasteiger partial charge in [0.05, 0.1) is 0 Å². The number of anilines is 1. The molecule has 1 aromatic rings. The number of carbonyl (C=O) groups is 1. The van der Waals surface area contributed by atoms with Crippen molar-refractivity contribution in [2.75, 3.05) is 11.4 Å². The lowest BCUT2D eigenvalue weighted by Gasteiger charge is -2.32. The molecule has 6 nitrogen and oxygen atoms in total. The van der Waals surface area contributed by atoms with Crippen LogP contribution in [0.3, 0.4) is 0 Å². The number of H-pyrrole nitrogens is 1. The molecule has 0 aliphatic carbocycles. The summed E-state index contributed by atoms with van der Waals surface area (Å²) in [5.74, 6) is -0.695. The number of piperidine rings is 1. The molecule has 0 bridgehead atoms. The van der Waals surface area contributed by atoms with Crippen LogP contribution in [0.4, 0.5) is 5.82 Å². The molecule has 1 saturated heterocycles. The van der Waals surface area contributed by atoms with Crippen LogP contribution in [-0.2, 0) is 4.79 Å². The van der Waals surface area contributed by atoms with Gasteiger partial charge in [-0.2, -0.15) is 0 Å². The van der Waals surface area contributed by atoms with Gasteiger partial charge in [0, 0.05) is 18.9 Å². The summed E-state index contributed by atoms with van der Waals surface area (Å²) in [5, 5.41) is 9.08. The van der Waals surface area contributed by atoms with Crippen molar-refractivity contribution in [3.8, 4) is 0 Å². The van der Waals surface area contributed by atoms with Gasteiger partial charge in [-0.1, -0.05) is 0 Å². The molecule has 6 heteroatoms. The number of carboxylic acids is 1. The lowest BCUT2D eigenvalue weighted by atomic mass is 10.0. The Morgan fingerprint density at radius 3 is 3.06 bits per heavy atom. The van der Waals surface area contributed by atoms with Gasteiger partial charge in [-0.3, -0.25) is 4.79 Å². The van der Waals surface area contributed by atoms with Gasteiger partial charge in [-0.25, -0.2) is 9.78 Å². The van der Waals surface area contributed by atoms with Gasteiger partial charge in [-0.15, -0.1) is 0 Å². The van der Waals surface area contributed by atoms with Crippen molar-refractivity contribution in [1.29, 1.82) is 0 Å². The van der Waals surface area contributed by atoms with E-state index < -0.39 is 12.0 Å². The van der Waals surface area contributed by atoms with Crippen molar-refractivity contribution >= 4 is 11.8 Å². The molecule has 1 atom stereocenters. The monoisotopic (exact) mass is 223 g/mol. The van der Waals surface area contributed by atoms with Crippen molar-refractivity contribution in [1.82, 2.24) is 9.97 Å². The Morgan fingerprint density at radius 1 is 1.56 bits per heavy atom. The summed E-state index contributed by atoms with van der Waals surface area (Å²) in [7, 11) is 0. The van der Waals surface area contributed by atoms with Crippen LogP contribution < -0.4 is 10.5 Å². The highest BCUT2D eigenvalue weighted by molar-refractivity contribution is 5.77. The molecule has 0 saturated carbocycles. The zero-order valence-corrected chi connectivity index (χ0v) is 8.72. The predicted octanol–water partition coefficient (Wildman–Crippen LogP) is 0.213. The SMILES string of the molecule is O=C(O)C1CCCCN1c1ncc[nH]c1=O. The summed E-state index contributed by atoms with van der Waals surface area (Å²) in [4.78, 5) is 30.6. The highest BCUT2D eigenvalue weighted by atomic mass is 16.4. The van der Waals surface area contributed by atoms with Gasteiger partial charge in [0.1, 0.15) is 6.04 Å². The number of hydrogen-bond donors (Lipinski definition) is 2. The van der Waals surface area contributed by atoms with Gasteiger partial charge in [0.2, 0.25) is 0 Å². The minimum atomic E-state index is -0.898. The van der Waals surface area contributed by atoms with Crippen LogP contribution in [0, 0.1) is 0 Å². The first kappa shape index (κ1) is 10.7. The summed E-state index contributed by atoms with van der Waals surface area (Å²) >= 11 is 0. The van der Waals surface area contributed by atoms with Crippen molar-refractivity contribution in [3.63, 3.8) is 0 Å². The fraction of sp³-hybridized carbons (Fsp3) is 0.500. The molecule has 1 aliphatic rings. The third-order valence-electron chi connectivity index (χ3n) is 2.75. The highest BCUT2D eigenvalue weighted by Gasteiger charge is 2.30. The largest absolute Gasteiger partial charge is 0.480 e. The maximum atomic E-state index is 11.5. The van der Waals surface area contributed by atoms with Crippen LogP contribution in [-0.4, -0.2) is 33.6 Å². The van der Waals surface area contributed by atoms with Crippen LogP contribution in [0.15, 0.2) is 17.2 Å². The van der Waals surface area contributed by atoms with Crippen LogP contribution in [0.5, 0.6) is 0 Å². The number of nitrogens with one attached hydrogen (secondary N) is 1. The van der Waals surface area contributed by atoms with E-state index in [4.69, 9.17) is 5.11 Å². The zero-order valence-electron chi connectivity index (χ0n) is 8.72. The topological polar surface area (TPSA) is 86.3 Å². The Hall–Kier alpha value is -1.85. The number of aliphatic carboxylic acids is 1. The highest BCUT2D eigenvalue weighted by Crippen LogP contribution is 2.20. The number of aromatic nitrogens is 2. The zero-order chi connectivity index (χ0) is 11.5. The standard InChI is InChI=1S/C10H13N3O3/c14-9-8(11-4-5-12-9)13-6-2-1-3-7(13)10(15)16/h4-5,7H,1-3,6H2,(H,12,14)(H,15,16). The van der Waals surface area contributed by atoms with E-state index in [-0.39, 0.29) is 11.4 Å². The molecule has 1 aliphatic heterocycles. The molecule has 2 N–H and O–H groups in total. The van der Waals surface area contributed by atoms with Gasteiger partial charge < -0.3 is 15.0 Å². The smallest absolute Gasteiger partial charge is 0.326 e. The summed E-state index contributed by atoms with van der Waals surface area (Å²) in [6.07, 6.45) is 5.22. The van der Waals surface area contributed by atoms with Gasteiger partial charge in [0.15, 0.2) is 5.82 Å². The first-order valence-electron chi connectivity index (χ1n) is 5.23.